The van der Waals surface area contributed by atoms with Crippen molar-refractivity contribution in [1.82, 2.24) is 9.97 Å². The third kappa shape index (κ3) is 1.34. The van der Waals surface area contributed by atoms with Gasteiger partial charge in [-0.25, -0.2) is 9.97 Å². The van der Waals surface area contributed by atoms with Gasteiger partial charge >= 0.3 is 0 Å². The Hall–Kier alpha value is -0.200. The fraction of sp³-hybridized carbons (Fsp3) is 0. The minimum atomic E-state index is 0.561. The van der Waals surface area contributed by atoms with Gasteiger partial charge in [0.05, 0.1) is 4.70 Å². The molecule has 2 aromatic rings. The number of hydrogen-bond acceptors (Lipinski definition) is 4. The summed E-state index contributed by atoms with van der Waals surface area (Å²) in [5.41, 5.74) is 6.37. The van der Waals surface area contributed by atoms with Crippen LogP contribution in [0.4, 0.5) is 5.13 Å². The monoisotopic (exact) mass is 307 g/mol. The highest BCUT2D eigenvalue weighted by Gasteiger charge is 2.06. The molecule has 2 aromatic heterocycles. The van der Waals surface area contributed by atoms with Crippen LogP contribution in [0.25, 0.3) is 10.2 Å². The lowest BCUT2D eigenvalue weighted by Gasteiger charge is -1.91. The maximum atomic E-state index is 5.55. The summed E-state index contributed by atoms with van der Waals surface area (Å²) in [7, 11) is 0. The lowest BCUT2D eigenvalue weighted by molar-refractivity contribution is 1.25. The van der Waals surface area contributed by atoms with E-state index in [0.717, 1.165) is 19.4 Å². The van der Waals surface area contributed by atoms with Crippen molar-refractivity contribution in [3.63, 3.8) is 0 Å². The van der Waals surface area contributed by atoms with Crippen molar-refractivity contribution in [2.24, 2.45) is 0 Å². The third-order valence-corrected chi connectivity index (χ3v) is 3.11. The predicted octanol–water partition coefficient (Wildman–Crippen LogP) is 2.80. The van der Waals surface area contributed by atoms with Gasteiger partial charge in [-0.3, -0.25) is 0 Å². The van der Waals surface area contributed by atoms with Crippen LogP contribution in [0.15, 0.2) is 15.3 Å². The second-order valence-corrected chi connectivity index (χ2v) is 4.76. The molecule has 0 aliphatic carbocycles. The molecule has 12 heavy (non-hydrogen) atoms. The molecular formula is C6H3Br2N3S. The summed E-state index contributed by atoms with van der Waals surface area (Å²) in [4.78, 5) is 8.26. The fourth-order valence-electron chi connectivity index (χ4n) is 0.882. The maximum absolute atomic E-state index is 5.55. The van der Waals surface area contributed by atoms with Gasteiger partial charge in [-0.05, 0) is 37.9 Å². The average molecular weight is 309 g/mol. The zero-order chi connectivity index (χ0) is 8.72. The van der Waals surface area contributed by atoms with Crippen LogP contribution in [-0.4, -0.2) is 9.97 Å². The summed E-state index contributed by atoms with van der Waals surface area (Å²) < 4.78 is 2.53. The van der Waals surface area contributed by atoms with Crippen molar-refractivity contribution >= 4 is 58.5 Å². The van der Waals surface area contributed by atoms with Crippen molar-refractivity contribution in [2.45, 2.75) is 0 Å². The number of pyridine rings is 1. The van der Waals surface area contributed by atoms with E-state index in [-0.39, 0.29) is 0 Å². The number of anilines is 1. The van der Waals surface area contributed by atoms with E-state index in [2.05, 4.69) is 41.8 Å². The SMILES string of the molecule is Nc1nc2c(Br)nc(Br)cc2s1. The Bertz CT molecular complexity index is 440. The molecule has 0 aromatic carbocycles. The molecule has 0 amide bonds. The Kier molecular flexibility index (Phi) is 2.05. The Balaban J connectivity index is 2.88. The molecule has 0 unspecified atom stereocenters. The number of rotatable bonds is 0. The molecule has 0 bridgehead atoms. The molecule has 0 saturated heterocycles. The van der Waals surface area contributed by atoms with Crippen LogP contribution < -0.4 is 5.73 Å². The van der Waals surface area contributed by atoms with Gasteiger partial charge in [0.2, 0.25) is 0 Å². The zero-order valence-electron chi connectivity index (χ0n) is 5.71. The molecular weight excluding hydrogens is 306 g/mol. The van der Waals surface area contributed by atoms with Gasteiger partial charge < -0.3 is 5.73 Å². The number of nitrogens with zero attached hydrogens (tertiary/aromatic N) is 2. The molecule has 2 rings (SSSR count). The van der Waals surface area contributed by atoms with E-state index in [1.165, 1.54) is 11.3 Å². The lowest BCUT2D eigenvalue weighted by Crippen LogP contribution is -1.81. The molecule has 2 N–H and O–H groups in total. The second kappa shape index (κ2) is 2.93. The van der Waals surface area contributed by atoms with E-state index < -0.39 is 0 Å². The zero-order valence-corrected chi connectivity index (χ0v) is 9.70. The Labute approximate surface area is 89.3 Å². The largest absolute Gasteiger partial charge is 0.375 e. The summed E-state index contributed by atoms with van der Waals surface area (Å²) in [5, 5.41) is 0.561. The first kappa shape index (κ1) is 8.40. The molecule has 0 atom stereocenters. The van der Waals surface area contributed by atoms with E-state index in [9.17, 15) is 0 Å². The average Bonchev–Trinajstić information content (AvgIpc) is 2.29. The Morgan fingerprint density at radius 3 is 2.83 bits per heavy atom. The van der Waals surface area contributed by atoms with Gasteiger partial charge in [0, 0.05) is 0 Å². The molecule has 6 heteroatoms. The van der Waals surface area contributed by atoms with Crippen LogP contribution in [0, 0.1) is 0 Å². The van der Waals surface area contributed by atoms with Crippen molar-refractivity contribution in [2.75, 3.05) is 5.73 Å². The number of halogens is 2. The van der Waals surface area contributed by atoms with Gasteiger partial charge in [0.1, 0.15) is 14.7 Å². The fourth-order valence-corrected chi connectivity index (χ4v) is 3.07. The van der Waals surface area contributed by atoms with Gasteiger partial charge in [-0.2, -0.15) is 0 Å². The number of nitrogens with two attached hydrogens (primary N) is 1. The van der Waals surface area contributed by atoms with Crippen LogP contribution >= 0.6 is 43.2 Å². The van der Waals surface area contributed by atoms with Gasteiger partial charge in [-0.15, -0.1) is 0 Å². The van der Waals surface area contributed by atoms with Gasteiger partial charge in [0.15, 0.2) is 5.13 Å². The third-order valence-electron chi connectivity index (χ3n) is 1.32. The highest BCUT2D eigenvalue weighted by Crippen LogP contribution is 2.30. The molecule has 0 saturated carbocycles. The highest BCUT2D eigenvalue weighted by molar-refractivity contribution is 9.11. The molecule has 0 radical (unpaired) electrons. The van der Waals surface area contributed by atoms with Crippen LogP contribution in [-0.2, 0) is 0 Å². The summed E-state index contributed by atoms with van der Waals surface area (Å²) in [6.45, 7) is 0. The molecule has 0 spiro atoms. The van der Waals surface area contributed by atoms with Crippen molar-refractivity contribution in [1.29, 1.82) is 0 Å². The molecule has 62 valence electrons. The maximum Gasteiger partial charge on any atom is 0.181 e. The van der Waals surface area contributed by atoms with E-state index in [0.29, 0.717) is 5.13 Å². The first-order valence-electron chi connectivity index (χ1n) is 3.05. The standard InChI is InChI=1S/C6H3Br2N3S/c7-3-1-2-4(5(8)10-3)11-6(9)12-2/h1H,(H2,9,11). The number of hydrogen-bond donors (Lipinski definition) is 1. The van der Waals surface area contributed by atoms with Crippen LogP contribution in [0.2, 0.25) is 0 Å². The topological polar surface area (TPSA) is 51.8 Å². The predicted molar refractivity (Wildman–Crippen MR) is 57.2 cm³/mol. The van der Waals surface area contributed by atoms with Crippen LogP contribution in [0.3, 0.4) is 0 Å². The summed E-state index contributed by atoms with van der Waals surface area (Å²) in [6, 6.07) is 1.90. The molecule has 0 aliphatic rings. The smallest absolute Gasteiger partial charge is 0.181 e. The van der Waals surface area contributed by atoms with Crippen molar-refractivity contribution < 1.29 is 0 Å². The van der Waals surface area contributed by atoms with Crippen LogP contribution in [0.1, 0.15) is 0 Å². The quantitative estimate of drug-likeness (QED) is 0.761. The minimum Gasteiger partial charge on any atom is -0.375 e. The number of nitrogen functional groups attached to an aromatic ring is 1. The first-order valence-corrected chi connectivity index (χ1v) is 5.45. The highest BCUT2D eigenvalue weighted by atomic mass is 79.9. The molecule has 3 nitrogen and oxygen atoms in total. The summed E-state index contributed by atoms with van der Waals surface area (Å²) in [6.07, 6.45) is 0. The van der Waals surface area contributed by atoms with Crippen LogP contribution in [0.5, 0.6) is 0 Å². The van der Waals surface area contributed by atoms with E-state index in [4.69, 9.17) is 5.73 Å². The molecule has 0 aliphatic heterocycles. The van der Waals surface area contributed by atoms with Gasteiger partial charge in [0.25, 0.3) is 0 Å². The first-order chi connectivity index (χ1) is 5.66. The van der Waals surface area contributed by atoms with Crippen molar-refractivity contribution in [3.05, 3.63) is 15.3 Å². The van der Waals surface area contributed by atoms with E-state index >= 15 is 0 Å². The normalized spacial score (nSPS) is 10.8. The van der Waals surface area contributed by atoms with E-state index in [1.54, 1.807) is 0 Å². The molecule has 2 heterocycles. The number of fused-ring (bicyclic) bond motifs is 1. The lowest BCUT2D eigenvalue weighted by atomic mass is 10.5. The van der Waals surface area contributed by atoms with Gasteiger partial charge in [-0.1, -0.05) is 11.3 Å². The minimum absolute atomic E-state index is 0.561. The number of thiazole rings is 1. The second-order valence-electron chi connectivity index (χ2n) is 2.13. The van der Waals surface area contributed by atoms with Crippen molar-refractivity contribution in [3.8, 4) is 0 Å². The Morgan fingerprint density at radius 2 is 2.08 bits per heavy atom. The summed E-state index contributed by atoms with van der Waals surface area (Å²) >= 11 is 8.05. The Morgan fingerprint density at radius 1 is 1.33 bits per heavy atom. The summed E-state index contributed by atoms with van der Waals surface area (Å²) in [5.74, 6) is 0. The molecule has 0 fully saturated rings. The number of aromatic nitrogens is 2. The van der Waals surface area contributed by atoms with E-state index in [1.807, 2.05) is 6.07 Å².